The van der Waals surface area contributed by atoms with Crippen LogP contribution < -0.4 is 5.32 Å². The van der Waals surface area contributed by atoms with Crippen LogP contribution in [0.4, 0.5) is 5.69 Å². The molecule has 0 radical (unpaired) electrons. The van der Waals surface area contributed by atoms with Gasteiger partial charge in [-0.15, -0.1) is 0 Å². The molecule has 0 bridgehead atoms. The predicted molar refractivity (Wildman–Crippen MR) is 115 cm³/mol. The number of aromatic nitrogens is 3. The summed E-state index contributed by atoms with van der Waals surface area (Å²) in [6.45, 7) is 3.20. The second kappa shape index (κ2) is 7.61. The van der Waals surface area contributed by atoms with Gasteiger partial charge in [0.25, 0.3) is 5.91 Å². The van der Waals surface area contributed by atoms with Crippen LogP contribution >= 0.6 is 0 Å². The smallest absolute Gasteiger partial charge is 0.276 e. The standard InChI is InChI=1S/C23H21N5O2/c29-19-5-3-18(4-6-19)25-23(30)22-20-11-16(2-7-21(20)26-27-22)17-10-15(12-24-13-17)14-28-8-1-9-28/h2-7,10-13,29H,1,8-9,14H2,(H,25,30)(H,26,27). The molecule has 0 unspecified atom stereocenters. The first-order chi connectivity index (χ1) is 14.7. The number of phenols is 1. The van der Waals surface area contributed by atoms with Crippen LogP contribution in [0.25, 0.3) is 22.0 Å². The lowest BCUT2D eigenvalue weighted by molar-refractivity contribution is 0.102. The SMILES string of the molecule is O=C(Nc1ccc(O)cc1)c1n[nH]c2ccc(-c3cncc(CN4CCC4)c3)cc12. The molecule has 0 aliphatic carbocycles. The van der Waals surface area contributed by atoms with Crippen molar-refractivity contribution in [2.75, 3.05) is 18.4 Å². The number of pyridine rings is 1. The van der Waals surface area contributed by atoms with Gasteiger partial charge in [0.1, 0.15) is 5.75 Å². The number of aromatic amines is 1. The Hall–Kier alpha value is -3.71. The molecule has 3 heterocycles. The molecule has 2 aromatic heterocycles. The summed E-state index contributed by atoms with van der Waals surface area (Å²) >= 11 is 0. The van der Waals surface area contributed by atoms with E-state index < -0.39 is 0 Å². The van der Waals surface area contributed by atoms with Crippen LogP contribution in [-0.2, 0) is 6.54 Å². The number of amides is 1. The summed E-state index contributed by atoms with van der Waals surface area (Å²) in [6.07, 6.45) is 5.02. The van der Waals surface area contributed by atoms with Gasteiger partial charge in [0.05, 0.1) is 5.52 Å². The first kappa shape index (κ1) is 18.3. The molecular weight excluding hydrogens is 378 g/mol. The number of anilines is 1. The number of phenolic OH excluding ortho intramolecular Hbond substituents is 1. The van der Waals surface area contributed by atoms with E-state index in [0.717, 1.165) is 41.7 Å². The third-order valence-electron chi connectivity index (χ3n) is 5.39. The molecule has 7 nitrogen and oxygen atoms in total. The maximum absolute atomic E-state index is 12.8. The number of benzene rings is 2. The molecular formula is C23H21N5O2. The monoisotopic (exact) mass is 399 g/mol. The van der Waals surface area contributed by atoms with E-state index in [1.54, 1.807) is 12.1 Å². The molecule has 4 aromatic rings. The zero-order chi connectivity index (χ0) is 20.5. The molecule has 3 N–H and O–H groups in total. The highest BCUT2D eigenvalue weighted by Crippen LogP contribution is 2.27. The number of fused-ring (bicyclic) bond motifs is 1. The zero-order valence-electron chi connectivity index (χ0n) is 16.3. The molecule has 30 heavy (non-hydrogen) atoms. The minimum atomic E-state index is -0.311. The molecule has 0 atom stereocenters. The average Bonchev–Trinajstić information content (AvgIpc) is 3.16. The summed E-state index contributed by atoms with van der Waals surface area (Å²) in [4.78, 5) is 19.6. The molecule has 2 aromatic carbocycles. The number of nitrogens with one attached hydrogen (secondary N) is 2. The number of aromatic hydroxyl groups is 1. The van der Waals surface area contributed by atoms with Crippen LogP contribution in [0.1, 0.15) is 22.5 Å². The van der Waals surface area contributed by atoms with E-state index in [9.17, 15) is 9.90 Å². The number of hydrogen-bond acceptors (Lipinski definition) is 5. The van der Waals surface area contributed by atoms with Gasteiger partial charge in [-0.2, -0.15) is 5.10 Å². The number of carbonyl (C=O) groups is 1. The van der Waals surface area contributed by atoms with E-state index in [2.05, 4.69) is 31.5 Å². The fourth-order valence-corrected chi connectivity index (χ4v) is 3.63. The average molecular weight is 399 g/mol. The van der Waals surface area contributed by atoms with Crippen molar-refractivity contribution in [1.82, 2.24) is 20.1 Å². The maximum Gasteiger partial charge on any atom is 0.276 e. The highest BCUT2D eigenvalue weighted by atomic mass is 16.3. The van der Waals surface area contributed by atoms with Crippen molar-refractivity contribution in [3.05, 3.63) is 72.2 Å². The summed E-state index contributed by atoms with van der Waals surface area (Å²) in [5.41, 5.74) is 4.89. The van der Waals surface area contributed by atoms with Gasteiger partial charge in [0, 0.05) is 35.6 Å². The fraction of sp³-hybridized carbons (Fsp3) is 0.174. The molecule has 0 saturated carbocycles. The van der Waals surface area contributed by atoms with Crippen molar-refractivity contribution in [1.29, 1.82) is 0 Å². The van der Waals surface area contributed by atoms with Crippen molar-refractivity contribution in [3.63, 3.8) is 0 Å². The lowest BCUT2D eigenvalue weighted by Crippen LogP contribution is -2.36. The second-order valence-corrected chi connectivity index (χ2v) is 7.55. The topological polar surface area (TPSA) is 94.1 Å². The molecule has 1 amide bonds. The quantitative estimate of drug-likeness (QED) is 0.444. The van der Waals surface area contributed by atoms with E-state index in [4.69, 9.17) is 0 Å². The summed E-state index contributed by atoms with van der Waals surface area (Å²) in [5, 5.41) is 20.1. The summed E-state index contributed by atoms with van der Waals surface area (Å²) in [5.74, 6) is -0.165. The third kappa shape index (κ3) is 3.62. The van der Waals surface area contributed by atoms with Gasteiger partial charge in [-0.1, -0.05) is 6.07 Å². The zero-order valence-corrected chi connectivity index (χ0v) is 16.3. The van der Waals surface area contributed by atoms with Crippen molar-refractivity contribution >= 4 is 22.5 Å². The Morgan fingerprint density at radius 2 is 1.90 bits per heavy atom. The maximum atomic E-state index is 12.8. The van der Waals surface area contributed by atoms with E-state index in [-0.39, 0.29) is 11.7 Å². The van der Waals surface area contributed by atoms with E-state index in [1.807, 2.05) is 30.6 Å². The predicted octanol–water partition coefficient (Wildman–Crippen LogP) is 3.79. The number of carbonyl (C=O) groups excluding carboxylic acids is 1. The Bertz CT molecular complexity index is 1210. The minimum Gasteiger partial charge on any atom is -0.508 e. The largest absolute Gasteiger partial charge is 0.508 e. The van der Waals surface area contributed by atoms with Crippen LogP contribution in [0.2, 0.25) is 0 Å². The van der Waals surface area contributed by atoms with Crippen LogP contribution in [0, 0.1) is 0 Å². The number of rotatable bonds is 5. The van der Waals surface area contributed by atoms with Gasteiger partial charge >= 0.3 is 0 Å². The van der Waals surface area contributed by atoms with Gasteiger partial charge in [-0.25, -0.2) is 0 Å². The highest BCUT2D eigenvalue weighted by Gasteiger charge is 2.17. The molecule has 5 rings (SSSR count). The van der Waals surface area contributed by atoms with Crippen LogP contribution in [0.15, 0.2) is 60.9 Å². The van der Waals surface area contributed by atoms with Gasteiger partial charge in [-0.05, 0) is 73.1 Å². The van der Waals surface area contributed by atoms with E-state index in [0.29, 0.717) is 11.4 Å². The normalized spacial score (nSPS) is 13.9. The van der Waals surface area contributed by atoms with Crippen LogP contribution in [0.3, 0.4) is 0 Å². The van der Waals surface area contributed by atoms with Gasteiger partial charge < -0.3 is 10.4 Å². The second-order valence-electron chi connectivity index (χ2n) is 7.55. The molecule has 0 spiro atoms. The molecule has 1 aliphatic rings. The molecule has 150 valence electrons. The lowest BCUT2D eigenvalue weighted by atomic mass is 10.0. The molecule has 7 heteroatoms. The lowest BCUT2D eigenvalue weighted by Gasteiger charge is -2.30. The molecule has 1 fully saturated rings. The summed E-state index contributed by atoms with van der Waals surface area (Å²) < 4.78 is 0. The number of likely N-dealkylation sites (tertiary alicyclic amines) is 1. The van der Waals surface area contributed by atoms with Gasteiger partial charge in [0.15, 0.2) is 5.69 Å². The Labute approximate surface area is 173 Å². The third-order valence-corrected chi connectivity index (χ3v) is 5.39. The number of H-pyrrole nitrogens is 1. The number of hydrogen-bond donors (Lipinski definition) is 3. The van der Waals surface area contributed by atoms with Crippen molar-refractivity contribution in [2.45, 2.75) is 13.0 Å². The Balaban J connectivity index is 1.43. The number of nitrogens with zero attached hydrogens (tertiary/aromatic N) is 3. The van der Waals surface area contributed by atoms with E-state index in [1.165, 1.54) is 24.1 Å². The first-order valence-electron chi connectivity index (χ1n) is 9.91. The van der Waals surface area contributed by atoms with Crippen molar-refractivity contribution in [2.24, 2.45) is 0 Å². The van der Waals surface area contributed by atoms with Crippen molar-refractivity contribution < 1.29 is 9.90 Å². The minimum absolute atomic E-state index is 0.146. The van der Waals surface area contributed by atoms with Crippen molar-refractivity contribution in [3.8, 4) is 16.9 Å². The highest BCUT2D eigenvalue weighted by molar-refractivity contribution is 6.11. The Morgan fingerprint density at radius 1 is 1.07 bits per heavy atom. The molecule has 1 aliphatic heterocycles. The fourth-order valence-electron chi connectivity index (χ4n) is 3.63. The Kier molecular flexibility index (Phi) is 4.65. The summed E-state index contributed by atoms with van der Waals surface area (Å²) in [6, 6.07) is 14.4. The summed E-state index contributed by atoms with van der Waals surface area (Å²) in [7, 11) is 0. The van der Waals surface area contributed by atoms with Crippen LogP contribution in [0.5, 0.6) is 5.75 Å². The molecule has 1 saturated heterocycles. The van der Waals surface area contributed by atoms with Crippen LogP contribution in [-0.4, -0.2) is 44.2 Å². The van der Waals surface area contributed by atoms with Gasteiger partial charge in [0.2, 0.25) is 0 Å². The van der Waals surface area contributed by atoms with Gasteiger partial charge in [-0.3, -0.25) is 19.8 Å². The van der Waals surface area contributed by atoms with E-state index >= 15 is 0 Å². The Morgan fingerprint density at radius 3 is 2.67 bits per heavy atom. The first-order valence-corrected chi connectivity index (χ1v) is 9.91.